The van der Waals surface area contributed by atoms with E-state index >= 15 is 0 Å². The monoisotopic (exact) mass is 575 g/mol. The number of hydrogen-bond acceptors (Lipinski definition) is 9. The van der Waals surface area contributed by atoms with Crippen LogP contribution in [0.5, 0.6) is 0 Å². The molecule has 4 heterocycles. The van der Waals surface area contributed by atoms with Crippen molar-refractivity contribution in [2.24, 2.45) is 0 Å². The number of hydrogen-bond donors (Lipinski definition) is 3. The van der Waals surface area contributed by atoms with E-state index < -0.39 is 0 Å². The predicted molar refractivity (Wildman–Crippen MR) is 167 cm³/mol. The smallest absolute Gasteiger partial charge is 0.276 e. The van der Waals surface area contributed by atoms with Gasteiger partial charge in [0.1, 0.15) is 11.3 Å². The number of carbonyl (C=O) groups is 1. The van der Waals surface area contributed by atoms with Crippen molar-refractivity contribution < 1.29 is 4.79 Å². The van der Waals surface area contributed by atoms with Crippen molar-refractivity contribution in [1.82, 2.24) is 24.8 Å². The number of rotatable bonds is 6. The van der Waals surface area contributed by atoms with Gasteiger partial charge in [-0.25, -0.2) is 4.98 Å². The lowest BCUT2D eigenvalue weighted by molar-refractivity contribution is 0.0951. The van der Waals surface area contributed by atoms with Crippen LogP contribution in [0.4, 0.5) is 23.0 Å². The molecule has 0 saturated carbocycles. The normalized spacial score (nSPS) is 18.4. The number of pyridine rings is 2. The molecule has 2 atom stereocenters. The van der Waals surface area contributed by atoms with E-state index in [1.807, 2.05) is 54.2 Å². The van der Waals surface area contributed by atoms with Crippen LogP contribution in [0.25, 0.3) is 11.0 Å². The summed E-state index contributed by atoms with van der Waals surface area (Å²) in [6, 6.07) is 21.0. The molecule has 1 aliphatic heterocycles. The molecule has 2 aliphatic rings. The maximum atomic E-state index is 14.0. The number of benzene rings is 2. The van der Waals surface area contributed by atoms with Crippen molar-refractivity contribution in [2.75, 3.05) is 29.5 Å². The van der Waals surface area contributed by atoms with Crippen molar-refractivity contribution in [1.29, 1.82) is 0 Å². The fourth-order valence-corrected chi connectivity index (χ4v) is 6.83. The number of carbonyl (C=O) groups excluding carboxylic acids is 1. The Balaban J connectivity index is 1.26. The van der Waals surface area contributed by atoms with Crippen LogP contribution in [0, 0.1) is 0 Å². The first-order chi connectivity index (χ1) is 20.6. The quantitative estimate of drug-likeness (QED) is 0.244. The van der Waals surface area contributed by atoms with Gasteiger partial charge in [0, 0.05) is 59.5 Å². The van der Waals surface area contributed by atoms with Gasteiger partial charge in [-0.15, -0.1) is 0 Å². The lowest BCUT2D eigenvalue weighted by Gasteiger charge is -2.27. The lowest BCUT2D eigenvalue weighted by atomic mass is 9.87. The van der Waals surface area contributed by atoms with Crippen LogP contribution < -0.4 is 21.5 Å². The van der Waals surface area contributed by atoms with Crippen LogP contribution in [0.2, 0.25) is 0 Å². The van der Waals surface area contributed by atoms with Crippen molar-refractivity contribution in [2.45, 2.75) is 24.1 Å². The largest absolute Gasteiger partial charge is 0.350 e. The van der Waals surface area contributed by atoms with Gasteiger partial charge in [0.2, 0.25) is 5.95 Å². The maximum absolute atomic E-state index is 14.0. The van der Waals surface area contributed by atoms with E-state index in [2.05, 4.69) is 38.1 Å². The molecular formula is C32H29N7O2S. The Labute approximate surface area is 246 Å². The second-order valence-electron chi connectivity index (χ2n) is 10.5. The highest BCUT2D eigenvalue weighted by Gasteiger charge is 2.29. The standard InChI is InChI=1S/C32H29N7O2S/c40-28-16-25(14-21-4-1-2-6-26(21)28)39-30-22(15-27(31(39)41)36-24-5-3-11-33-18-24)17-35-32(38-30)37-23-9-7-20(8-10-23)29-19-34-12-13-42-29/h1-11,15,17-18,25,29,34,36H,12-14,16,19H2,(H,35,37,38). The number of thioether (sulfide) groups is 1. The number of nitrogens with one attached hydrogen (secondary N) is 3. The third-order valence-corrected chi connectivity index (χ3v) is 9.02. The molecule has 9 nitrogen and oxygen atoms in total. The van der Waals surface area contributed by atoms with Crippen LogP contribution >= 0.6 is 11.8 Å². The van der Waals surface area contributed by atoms with E-state index in [1.165, 1.54) is 5.56 Å². The average Bonchev–Trinajstić information content (AvgIpc) is 3.03. The molecule has 0 amide bonds. The molecule has 0 radical (unpaired) electrons. The Morgan fingerprint density at radius 2 is 1.81 bits per heavy atom. The Morgan fingerprint density at radius 1 is 0.929 bits per heavy atom. The summed E-state index contributed by atoms with van der Waals surface area (Å²) in [5.74, 6) is 1.51. The van der Waals surface area contributed by atoms with E-state index in [-0.39, 0.29) is 23.8 Å². The van der Waals surface area contributed by atoms with Gasteiger partial charge < -0.3 is 16.0 Å². The Hall–Kier alpha value is -4.54. The summed E-state index contributed by atoms with van der Waals surface area (Å²) in [5.41, 5.74) is 5.08. The van der Waals surface area contributed by atoms with Gasteiger partial charge >= 0.3 is 0 Å². The minimum atomic E-state index is -0.387. The van der Waals surface area contributed by atoms with E-state index in [0.717, 1.165) is 35.7 Å². The van der Waals surface area contributed by atoms with E-state index in [9.17, 15) is 9.59 Å². The van der Waals surface area contributed by atoms with E-state index in [4.69, 9.17) is 4.98 Å². The minimum Gasteiger partial charge on any atom is -0.350 e. The first-order valence-electron chi connectivity index (χ1n) is 14.0. The van der Waals surface area contributed by atoms with Gasteiger partial charge in [0.25, 0.3) is 5.56 Å². The third-order valence-electron chi connectivity index (χ3n) is 7.74. The van der Waals surface area contributed by atoms with Gasteiger partial charge in [0.15, 0.2) is 5.78 Å². The van der Waals surface area contributed by atoms with Crippen LogP contribution in [0.3, 0.4) is 0 Å². The van der Waals surface area contributed by atoms with Crippen molar-refractivity contribution in [3.8, 4) is 0 Å². The number of fused-ring (bicyclic) bond motifs is 2. The van der Waals surface area contributed by atoms with Gasteiger partial charge in [-0.3, -0.25) is 19.1 Å². The molecule has 5 aromatic rings. The fraction of sp³-hybridized carbons (Fsp3) is 0.219. The van der Waals surface area contributed by atoms with Crippen molar-refractivity contribution >= 4 is 51.6 Å². The second-order valence-corrected chi connectivity index (χ2v) is 11.8. The van der Waals surface area contributed by atoms with Gasteiger partial charge in [0.05, 0.1) is 17.9 Å². The molecular weight excluding hydrogens is 546 g/mol. The van der Waals surface area contributed by atoms with Crippen LogP contribution in [0.1, 0.15) is 39.2 Å². The summed E-state index contributed by atoms with van der Waals surface area (Å²) in [6.07, 6.45) is 5.82. The molecule has 10 heteroatoms. The third kappa shape index (κ3) is 5.26. The topological polar surface area (TPSA) is 114 Å². The molecule has 0 spiro atoms. The average molecular weight is 576 g/mol. The number of anilines is 4. The summed E-state index contributed by atoms with van der Waals surface area (Å²) in [4.78, 5) is 40.7. The second kappa shape index (κ2) is 11.4. The first kappa shape index (κ1) is 26.4. The molecule has 7 rings (SSSR count). The molecule has 2 aromatic carbocycles. The molecule has 1 fully saturated rings. The number of nitrogens with zero attached hydrogens (tertiary/aromatic N) is 4. The summed E-state index contributed by atoms with van der Waals surface area (Å²) >= 11 is 1.97. The predicted octanol–water partition coefficient (Wildman–Crippen LogP) is 5.42. The highest BCUT2D eigenvalue weighted by Crippen LogP contribution is 2.33. The maximum Gasteiger partial charge on any atom is 0.276 e. The SMILES string of the molecule is O=C1CC(n2c(=O)c(Nc3cccnc3)cc3cnc(Nc4ccc(C5CNCCS5)cc4)nc32)Cc2ccccc21. The van der Waals surface area contributed by atoms with Gasteiger partial charge in [-0.2, -0.15) is 16.7 Å². The first-order valence-corrected chi connectivity index (χ1v) is 15.1. The van der Waals surface area contributed by atoms with Gasteiger partial charge in [-0.05, 0) is 47.9 Å². The molecule has 2 unspecified atom stereocenters. The number of Topliss-reactive ketones (excluding diaryl/α,β-unsaturated/α-hetero) is 1. The lowest BCUT2D eigenvalue weighted by Crippen LogP contribution is -2.32. The van der Waals surface area contributed by atoms with Crippen LogP contribution in [0.15, 0.2) is 90.1 Å². The summed E-state index contributed by atoms with van der Waals surface area (Å²) in [7, 11) is 0. The number of ketones is 1. The molecule has 1 saturated heterocycles. The summed E-state index contributed by atoms with van der Waals surface area (Å²) in [6.45, 7) is 2.02. The highest BCUT2D eigenvalue weighted by atomic mass is 32.2. The molecule has 210 valence electrons. The summed E-state index contributed by atoms with van der Waals surface area (Å²) in [5, 5.41) is 11.1. The Bertz CT molecular complexity index is 1820. The zero-order valence-electron chi connectivity index (χ0n) is 22.8. The minimum absolute atomic E-state index is 0.0198. The van der Waals surface area contributed by atoms with Crippen molar-refractivity contribution in [3.63, 3.8) is 0 Å². The molecule has 3 N–H and O–H groups in total. The molecule has 0 bridgehead atoms. The zero-order valence-corrected chi connectivity index (χ0v) is 23.6. The Morgan fingerprint density at radius 3 is 2.62 bits per heavy atom. The van der Waals surface area contributed by atoms with Crippen molar-refractivity contribution in [3.05, 3.63) is 112 Å². The number of aromatic nitrogens is 4. The molecule has 3 aromatic heterocycles. The van der Waals surface area contributed by atoms with E-state index in [0.29, 0.717) is 40.0 Å². The van der Waals surface area contributed by atoms with E-state index in [1.54, 1.807) is 35.3 Å². The Kier molecular flexibility index (Phi) is 7.15. The van der Waals surface area contributed by atoms with Crippen LogP contribution in [-0.2, 0) is 6.42 Å². The molecule has 1 aliphatic carbocycles. The fourth-order valence-electron chi connectivity index (χ4n) is 5.69. The van der Waals surface area contributed by atoms with Crippen LogP contribution in [-0.4, -0.2) is 44.1 Å². The van der Waals surface area contributed by atoms with Gasteiger partial charge in [-0.1, -0.05) is 36.4 Å². The summed E-state index contributed by atoms with van der Waals surface area (Å²) < 4.78 is 1.66. The zero-order chi connectivity index (χ0) is 28.5. The molecule has 42 heavy (non-hydrogen) atoms. The highest BCUT2D eigenvalue weighted by molar-refractivity contribution is 7.99.